The van der Waals surface area contributed by atoms with Crippen LogP contribution in [0.25, 0.3) is 0 Å². The number of halogens is 2. The summed E-state index contributed by atoms with van der Waals surface area (Å²) in [5, 5.41) is 0.627. The highest BCUT2D eigenvalue weighted by atomic mass is 79.9. The normalized spacial score (nSPS) is 17.8. The van der Waals surface area contributed by atoms with E-state index in [1.807, 2.05) is 30.5 Å². The third-order valence-corrected chi connectivity index (χ3v) is 7.26. The van der Waals surface area contributed by atoms with Crippen molar-refractivity contribution in [2.45, 2.75) is 17.5 Å². The minimum Gasteiger partial charge on any atom is -0.348 e. The molecular weight excluding hydrogens is 436 g/mol. The molecule has 3 aromatic rings. The average Bonchev–Trinajstić information content (AvgIpc) is 3.11. The van der Waals surface area contributed by atoms with Crippen LogP contribution in [0.3, 0.4) is 0 Å². The Balaban J connectivity index is 1.83. The number of aromatic nitrogens is 1. The van der Waals surface area contributed by atoms with Crippen LogP contribution in [0.4, 0.5) is 0 Å². The lowest BCUT2D eigenvalue weighted by Gasteiger charge is -2.36. The molecule has 0 spiro atoms. The molecule has 2 aromatic carbocycles. The number of hydrogen-bond donors (Lipinski definition) is 0. The molecule has 0 saturated carbocycles. The Morgan fingerprint density at radius 2 is 1.65 bits per heavy atom. The number of benzene rings is 2. The number of hydrogen-bond acceptors (Lipinski definition) is 2. The smallest absolute Gasteiger partial charge is 0.244 e. The molecule has 1 aliphatic rings. The topological polar surface area (TPSA) is 42.3 Å². The predicted octanol–water partition coefficient (Wildman–Crippen LogP) is 4.70. The van der Waals surface area contributed by atoms with E-state index in [0.29, 0.717) is 23.0 Å². The second-order valence-corrected chi connectivity index (χ2v) is 9.39. The van der Waals surface area contributed by atoms with Gasteiger partial charge in [-0.2, -0.15) is 4.31 Å². The van der Waals surface area contributed by atoms with Crippen molar-refractivity contribution in [3.63, 3.8) is 0 Å². The maximum Gasteiger partial charge on any atom is 0.244 e. The highest BCUT2D eigenvalue weighted by Gasteiger charge is 2.37. The van der Waals surface area contributed by atoms with Gasteiger partial charge < -0.3 is 4.57 Å². The Kier molecular flexibility index (Phi) is 4.69. The van der Waals surface area contributed by atoms with Gasteiger partial charge in [-0.05, 0) is 54.1 Å². The van der Waals surface area contributed by atoms with Crippen molar-refractivity contribution in [1.29, 1.82) is 0 Å². The van der Waals surface area contributed by atoms with E-state index < -0.39 is 10.0 Å². The molecule has 1 unspecified atom stereocenters. The SMILES string of the molecule is O=S(=O)(c1ccc(Br)cc1)N1CCn2cccc2C1c1ccc(Cl)cc1. The minimum atomic E-state index is -3.64. The lowest BCUT2D eigenvalue weighted by atomic mass is 10.0. The highest BCUT2D eigenvalue weighted by molar-refractivity contribution is 9.10. The first-order valence-electron chi connectivity index (χ1n) is 8.15. The average molecular weight is 452 g/mol. The van der Waals surface area contributed by atoms with Crippen LogP contribution in [0, 0.1) is 0 Å². The highest BCUT2D eigenvalue weighted by Crippen LogP contribution is 2.37. The van der Waals surface area contributed by atoms with Gasteiger partial charge in [0.25, 0.3) is 0 Å². The van der Waals surface area contributed by atoms with Crippen molar-refractivity contribution < 1.29 is 8.42 Å². The van der Waals surface area contributed by atoms with E-state index in [1.165, 1.54) is 0 Å². The molecule has 4 rings (SSSR count). The van der Waals surface area contributed by atoms with Crippen molar-refractivity contribution in [2.24, 2.45) is 0 Å². The second-order valence-electron chi connectivity index (χ2n) is 6.15. The zero-order valence-corrected chi connectivity index (χ0v) is 16.9. The Bertz CT molecular complexity index is 1030. The molecule has 7 heteroatoms. The van der Waals surface area contributed by atoms with Crippen molar-refractivity contribution in [3.05, 3.63) is 87.6 Å². The molecular formula is C19H16BrClN2O2S. The van der Waals surface area contributed by atoms with Crippen LogP contribution in [0.5, 0.6) is 0 Å². The van der Waals surface area contributed by atoms with E-state index >= 15 is 0 Å². The molecule has 134 valence electrons. The summed E-state index contributed by atoms with van der Waals surface area (Å²) in [6, 6.07) is 17.7. The molecule has 1 atom stereocenters. The molecule has 0 amide bonds. The van der Waals surface area contributed by atoms with E-state index in [4.69, 9.17) is 11.6 Å². The summed E-state index contributed by atoms with van der Waals surface area (Å²) in [6.45, 7) is 1.04. The van der Waals surface area contributed by atoms with Crippen LogP contribution in [-0.2, 0) is 16.6 Å². The molecule has 0 N–H and O–H groups in total. The maximum absolute atomic E-state index is 13.4. The van der Waals surface area contributed by atoms with Crippen LogP contribution < -0.4 is 0 Å². The summed E-state index contributed by atoms with van der Waals surface area (Å²) >= 11 is 9.38. The fourth-order valence-electron chi connectivity index (χ4n) is 3.35. The van der Waals surface area contributed by atoms with Crippen molar-refractivity contribution in [2.75, 3.05) is 6.54 Å². The van der Waals surface area contributed by atoms with Gasteiger partial charge >= 0.3 is 0 Å². The Hall–Kier alpha value is -1.60. The molecule has 1 aliphatic heterocycles. The van der Waals surface area contributed by atoms with Gasteiger partial charge in [0.2, 0.25) is 10.0 Å². The number of fused-ring (bicyclic) bond motifs is 1. The number of rotatable bonds is 3. The monoisotopic (exact) mass is 450 g/mol. The first-order chi connectivity index (χ1) is 12.5. The largest absolute Gasteiger partial charge is 0.348 e. The lowest BCUT2D eigenvalue weighted by Crippen LogP contribution is -2.42. The zero-order chi connectivity index (χ0) is 18.3. The van der Waals surface area contributed by atoms with Crippen LogP contribution in [0.15, 0.2) is 76.2 Å². The molecule has 0 saturated heterocycles. The minimum absolute atomic E-state index is 0.291. The fourth-order valence-corrected chi connectivity index (χ4v) is 5.32. The van der Waals surface area contributed by atoms with Gasteiger partial charge in [-0.3, -0.25) is 0 Å². The van der Waals surface area contributed by atoms with Gasteiger partial charge in [-0.15, -0.1) is 0 Å². The molecule has 4 nitrogen and oxygen atoms in total. The van der Waals surface area contributed by atoms with E-state index in [-0.39, 0.29) is 6.04 Å². The molecule has 26 heavy (non-hydrogen) atoms. The summed E-state index contributed by atoms with van der Waals surface area (Å²) in [6.07, 6.45) is 1.99. The molecule has 0 radical (unpaired) electrons. The van der Waals surface area contributed by atoms with Gasteiger partial charge in [0.1, 0.15) is 0 Å². The Labute approximate surface area is 166 Å². The molecule has 1 aromatic heterocycles. The summed E-state index contributed by atoms with van der Waals surface area (Å²) < 4.78 is 31.2. The van der Waals surface area contributed by atoms with E-state index in [9.17, 15) is 8.42 Å². The maximum atomic E-state index is 13.4. The molecule has 0 fully saturated rings. The van der Waals surface area contributed by atoms with E-state index in [0.717, 1.165) is 15.7 Å². The van der Waals surface area contributed by atoms with Crippen molar-refractivity contribution >= 4 is 37.6 Å². The Morgan fingerprint density at radius 3 is 2.35 bits per heavy atom. The number of sulfonamides is 1. The van der Waals surface area contributed by atoms with Crippen LogP contribution >= 0.6 is 27.5 Å². The van der Waals surface area contributed by atoms with Gasteiger partial charge in [0.15, 0.2) is 0 Å². The first-order valence-corrected chi connectivity index (χ1v) is 10.8. The van der Waals surface area contributed by atoms with E-state index in [1.54, 1.807) is 40.7 Å². The third kappa shape index (κ3) is 3.11. The zero-order valence-electron chi connectivity index (χ0n) is 13.7. The summed E-state index contributed by atoms with van der Waals surface area (Å²) in [5.41, 5.74) is 1.86. The summed E-state index contributed by atoms with van der Waals surface area (Å²) in [4.78, 5) is 0.291. The van der Waals surface area contributed by atoms with Gasteiger partial charge in [0.05, 0.1) is 10.9 Å². The van der Waals surface area contributed by atoms with Gasteiger partial charge in [-0.25, -0.2) is 8.42 Å². The first kappa shape index (κ1) is 17.8. The fraction of sp³-hybridized carbons (Fsp3) is 0.158. The third-order valence-electron chi connectivity index (χ3n) is 4.60. The van der Waals surface area contributed by atoms with Crippen LogP contribution in [0.2, 0.25) is 5.02 Å². The molecule has 0 aliphatic carbocycles. The lowest BCUT2D eigenvalue weighted by molar-refractivity contribution is 0.298. The molecule has 2 heterocycles. The second kappa shape index (κ2) is 6.85. The van der Waals surface area contributed by atoms with Crippen LogP contribution in [0.1, 0.15) is 17.3 Å². The van der Waals surface area contributed by atoms with Gasteiger partial charge in [-0.1, -0.05) is 39.7 Å². The standard InChI is InChI=1S/C19H16BrClN2O2S/c20-15-5-9-17(10-6-15)26(24,25)23-13-12-22-11-1-2-18(22)19(23)14-3-7-16(21)8-4-14/h1-11,19H,12-13H2. The van der Waals surface area contributed by atoms with Gasteiger partial charge in [0, 0.05) is 34.5 Å². The predicted molar refractivity (Wildman–Crippen MR) is 106 cm³/mol. The van der Waals surface area contributed by atoms with Crippen molar-refractivity contribution in [1.82, 2.24) is 8.87 Å². The van der Waals surface area contributed by atoms with Crippen LogP contribution in [-0.4, -0.2) is 23.8 Å². The number of nitrogens with zero attached hydrogens (tertiary/aromatic N) is 2. The summed E-state index contributed by atoms with van der Waals surface area (Å²) in [7, 11) is -3.64. The Morgan fingerprint density at radius 1 is 0.962 bits per heavy atom. The quantitative estimate of drug-likeness (QED) is 0.579. The van der Waals surface area contributed by atoms with Crippen molar-refractivity contribution in [3.8, 4) is 0 Å². The molecule has 0 bridgehead atoms. The summed E-state index contributed by atoms with van der Waals surface area (Å²) in [5.74, 6) is 0. The van der Waals surface area contributed by atoms with E-state index in [2.05, 4.69) is 20.5 Å².